The van der Waals surface area contributed by atoms with Crippen LogP contribution in [0.3, 0.4) is 0 Å². The zero-order chi connectivity index (χ0) is 19.9. The smallest absolute Gasteiger partial charge is 0.240 e. The van der Waals surface area contributed by atoms with Gasteiger partial charge in [-0.1, -0.05) is 17.7 Å². The summed E-state index contributed by atoms with van der Waals surface area (Å²) < 4.78 is 38.4. The highest BCUT2D eigenvalue weighted by atomic mass is 32.2. The number of benzene rings is 1. The number of nitrogens with one attached hydrogen (secondary N) is 2. The van der Waals surface area contributed by atoms with Gasteiger partial charge in [-0.25, -0.2) is 13.1 Å². The molecular weight excluding hydrogens is 372 g/mol. The molecule has 0 bridgehead atoms. The van der Waals surface area contributed by atoms with E-state index in [1.807, 2.05) is 6.92 Å². The first-order valence-electron chi connectivity index (χ1n) is 8.96. The molecule has 0 aliphatic carbocycles. The van der Waals surface area contributed by atoms with Crippen molar-refractivity contribution in [3.63, 3.8) is 0 Å². The van der Waals surface area contributed by atoms with Gasteiger partial charge >= 0.3 is 0 Å². The van der Waals surface area contributed by atoms with Crippen molar-refractivity contribution < 1.29 is 27.8 Å². The van der Waals surface area contributed by atoms with Crippen molar-refractivity contribution in [2.45, 2.75) is 49.3 Å². The van der Waals surface area contributed by atoms with Crippen molar-refractivity contribution in [2.75, 3.05) is 26.9 Å². The van der Waals surface area contributed by atoms with Crippen molar-refractivity contribution in [1.82, 2.24) is 10.0 Å². The highest BCUT2D eigenvalue weighted by Gasteiger charge is 2.34. The first-order chi connectivity index (χ1) is 12.9. The van der Waals surface area contributed by atoms with Crippen molar-refractivity contribution >= 4 is 15.9 Å². The number of aliphatic hydroxyl groups is 1. The number of aliphatic hydroxyl groups excluding tert-OH is 1. The fourth-order valence-corrected chi connectivity index (χ4v) is 4.27. The Morgan fingerprint density at radius 3 is 2.63 bits per heavy atom. The van der Waals surface area contributed by atoms with E-state index in [9.17, 15) is 18.3 Å². The van der Waals surface area contributed by atoms with Crippen LogP contribution in [0.1, 0.15) is 24.8 Å². The SMILES string of the molecule is COCCNC(=O)C[C@@H]1CC[C@@H](NS(=O)(=O)c2ccc(C)cc2)[C@H](CO)O1. The normalized spacial score (nSPS) is 23.1. The van der Waals surface area contributed by atoms with E-state index in [4.69, 9.17) is 9.47 Å². The summed E-state index contributed by atoms with van der Waals surface area (Å²) in [6.07, 6.45) is 0.111. The lowest BCUT2D eigenvalue weighted by Crippen LogP contribution is -2.51. The molecule has 1 aliphatic rings. The molecule has 2 rings (SSSR count). The quantitative estimate of drug-likeness (QED) is 0.515. The van der Waals surface area contributed by atoms with E-state index in [2.05, 4.69) is 10.0 Å². The molecule has 0 saturated carbocycles. The third kappa shape index (κ3) is 6.54. The van der Waals surface area contributed by atoms with Crippen LogP contribution in [-0.2, 0) is 24.3 Å². The fraction of sp³-hybridized carbons (Fsp3) is 0.611. The van der Waals surface area contributed by atoms with Gasteiger partial charge in [0.25, 0.3) is 0 Å². The largest absolute Gasteiger partial charge is 0.394 e. The van der Waals surface area contributed by atoms with Gasteiger partial charge in [0.1, 0.15) is 0 Å². The topological polar surface area (TPSA) is 114 Å². The van der Waals surface area contributed by atoms with Crippen LogP contribution in [0.2, 0.25) is 0 Å². The maximum atomic E-state index is 12.6. The van der Waals surface area contributed by atoms with Crippen LogP contribution in [0.15, 0.2) is 29.2 Å². The van der Waals surface area contributed by atoms with E-state index in [1.165, 1.54) is 0 Å². The monoisotopic (exact) mass is 400 g/mol. The summed E-state index contributed by atoms with van der Waals surface area (Å²) in [7, 11) is -2.15. The first-order valence-corrected chi connectivity index (χ1v) is 10.4. The molecule has 0 aromatic heterocycles. The number of hydrogen-bond acceptors (Lipinski definition) is 6. The molecule has 1 aliphatic heterocycles. The second-order valence-corrected chi connectivity index (χ2v) is 8.36. The average molecular weight is 400 g/mol. The zero-order valence-corrected chi connectivity index (χ0v) is 16.5. The Morgan fingerprint density at radius 1 is 1.30 bits per heavy atom. The molecule has 152 valence electrons. The minimum Gasteiger partial charge on any atom is -0.394 e. The van der Waals surface area contributed by atoms with Crippen LogP contribution in [0.5, 0.6) is 0 Å². The number of ether oxygens (including phenoxy) is 2. The second kappa shape index (κ2) is 10.1. The Bertz CT molecular complexity index is 707. The van der Waals surface area contributed by atoms with Gasteiger partial charge < -0.3 is 19.9 Å². The predicted molar refractivity (Wildman–Crippen MR) is 99.8 cm³/mol. The minimum absolute atomic E-state index is 0.160. The van der Waals surface area contributed by atoms with Crippen LogP contribution in [0.4, 0.5) is 0 Å². The molecular formula is C18H28N2O6S. The Kier molecular flexibility index (Phi) is 8.18. The minimum atomic E-state index is -3.71. The van der Waals surface area contributed by atoms with Gasteiger partial charge in [-0.05, 0) is 31.9 Å². The van der Waals surface area contributed by atoms with Crippen molar-refractivity contribution in [3.8, 4) is 0 Å². The van der Waals surface area contributed by atoms with Crippen LogP contribution < -0.4 is 10.0 Å². The number of sulfonamides is 1. The molecule has 0 radical (unpaired) electrons. The fourth-order valence-electron chi connectivity index (χ4n) is 2.97. The summed E-state index contributed by atoms with van der Waals surface area (Å²) in [4.78, 5) is 12.1. The summed E-state index contributed by atoms with van der Waals surface area (Å²) in [5.74, 6) is -0.160. The molecule has 1 heterocycles. The summed E-state index contributed by atoms with van der Waals surface area (Å²) in [6, 6.07) is 6.00. The molecule has 9 heteroatoms. The number of carbonyl (C=O) groups excluding carboxylic acids is 1. The molecule has 1 fully saturated rings. The van der Waals surface area contributed by atoms with Crippen molar-refractivity contribution in [2.24, 2.45) is 0 Å². The van der Waals surface area contributed by atoms with Crippen molar-refractivity contribution in [1.29, 1.82) is 0 Å². The van der Waals surface area contributed by atoms with Gasteiger partial charge in [0.2, 0.25) is 15.9 Å². The number of carbonyl (C=O) groups is 1. The number of amides is 1. The lowest BCUT2D eigenvalue weighted by molar-refractivity contribution is -0.130. The number of aryl methyl sites for hydroxylation is 1. The van der Waals surface area contributed by atoms with Crippen molar-refractivity contribution in [3.05, 3.63) is 29.8 Å². The maximum Gasteiger partial charge on any atom is 0.240 e. The van der Waals surface area contributed by atoms with Crippen LogP contribution in [0.25, 0.3) is 0 Å². The molecule has 0 spiro atoms. The van der Waals surface area contributed by atoms with Gasteiger partial charge in [0.15, 0.2) is 0 Å². The summed E-state index contributed by atoms with van der Waals surface area (Å²) >= 11 is 0. The molecule has 0 unspecified atom stereocenters. The van der Waals surface area contributed by atoms with E-state index in [1.54, 1.807) is 31.4 Å². The zero-order valence-electron chi connectivity index (χ0n) is 15.7. The highest BCUT2D eigenvalue weighted by Crippen LogP contribution is 2.23. The molecule has 1 amide bonds. The summed E-state index contributed by atoms with van der Waals surface area (Å²) in [6.45, 7) is 2.40. The average Bonchev–Trinajstić information content (AvgIpc) is 2.63. The lowest BCUT2D eigenvalue weighted by atomic mass is 9.98. The number of methoxy groups -OCH3 is 1. The maximum absolute atomic E-state index is 12.6. The third-order valence-electron chi connectivity index (χ3n) is 4.47. The Balaban J connectivity index is 1.92. The Hall–Kier alpha value is -1.52. The predicted octanol–water partition coefficient (Wildman–Crippen LogP) is 0.335. The van der Waals surface area contributed by atoms with Gasteiger partial charge in [-0.3, -0.25) is 4.79 Å². The standard InChI is InChI=1S/C18H28N2O6S/c1-13-3-6-15(7-4-13)27(23,24)20-16-8-5-14(26-17(16)12-21)11-18(22)19-9-10-25-2/h3-4,6-7,14,16-17,20-21H,5,8-12H2,1-2H3,(H,19,22)/t14-,16+,17-/m0/s1. The van der Waals surface area contributed by atoms with Crippen LogP contribution in [0, 0.1) is 6.92 Å². The molecule has 8 nitrogen and oxygen atoms in total. The summed E-state index contributed by atoms with van der Waals surface area (Å²) in [5.41, 5.74) is 0.967. The molecule has 3 N–H and O–H groups in total. The van der Waals surface area contributed by atoms with Crippen LogP contribution in [-0.4, -0.2) is 64.5 Å². The van der Waals surface area contributed by atoms with E-state index >= 15 is 0 Å². The molecule has 3 atom stereocenters. The molecule has 1 aromatic carbocycles. The van der Waals surface area contributed by atoms with Gasteiger partial charge in [0, 0.05) is 13.7 Å². The third-order valence-corrected chi connectivity index (χ3v) is 5.98. The van der Waals surface area contributed by atoms with Gasteiger partial charge in [-0.15, -0.1) is 0 Å². The Morgan fingerprint density at radius 2 is 2.00 bits per heavy atom. The Labute approximate surface area is 160 Å². The van der Waals surface area contributed by atoms with E-state index in [0.717, 1.165) is 5.56 Å². The number of hydrogen-bond donors (Lipinski definition) is 3. The number of rotatable bonds is 9. The summed E-state index contributed by atoms with van der Waals surface area (Å²) in [5, 5.41) is 12.3. The van der Waals surface area contributed by atoms with Crippen LogP contribution >= 0.6 is 0 Å². The van der Waals surface area contributed by atoms with E-state index in [0.29, 0.717) is 26.0 Å². The molecule has 1 saturated heterocycles. The second-order valence-electron chi connectivity index (χ2n) is 6.64. The molecule has 27 heavy (non-hydrogen) atoms. The lowest BCUT2D eigenvalue weighted by Gasteiger charge is -2.35. The van der Waals surface area contributed by atoms with Gasteiger partial charge in [0.05, 0.1) is 42.8 Å². The van der Waals surface area contributed by atoms with E-state index < -0.39 is 22.2 Å². The molecule has 1 aromatic rings. The van der Waals surface area contributed by atoms with E-state index in [-0.39, 0.29) is 29.9 Å². The van der Waals surface area contributed by atoms with Gasteiger partial charge in [-0.2, -0.15) is 0 Å². The first kappa shape index (κ1) is 21.8. The highest BCUT2D eigenvalue weighted by molar-refractivity contribution is 7.89.